The maximum atomic E-state index is 12.9. The van der Waals surface area contributed by atoms with E-state index in [-0.39, 0.29) is 24.0 Å². The highest BCUT2D eigenvalue weighted by Gasteiger charge is 2.30. The number of hydrogen-bond acceptors (Lipinski definition) is 5. The van der Waals surface area contributed by atoms with Crippen molar-refractivity contribution >= 4 is 24.5 Å². The van der Waals surface area contributed by atoms with Crippen LogP contribution in [-0.2, 0) is 12.6 Å². The van der Waals surface area contributed by atoms with Gasteiger partial charge in [-0.1, -0.05) is 32.9 Å². The van der Waals surface area contributed by atoms with E-state index in [9.17, 15) is 22.8 Å². The molecule has 1 unspecified atom stereocenters. The van der Waals surface area contributed by atoms with Crippen LogP contribution in [-0.4, -0.2) is 36.7 Å². The summed E-state index contributed by atoms with van der Waals surface area (Å²) in [6, 6.07) is 16.6. The number of carbonyl (C=O) groups excluding carboxylic acids is 2. The minimum absolute atomic E-state index is 0.0204. The normalized spacial score (nSPS) is 12.3. The number of nitriles is 1. The zero-order valence-corrected chi connectivity index (χ0v) is 26.0. The van der Waals surface area contributed by atoms with Gasteiger partial charge in [0.05, 0.1) is 11.6 Å². The molecule has 0 saturated heterocycles. The Morgan fingerprint density at radius 2 is 1.67 bits per heavy atom. The first-order valence-electron chi connectivity index (χ1n) is 15.1. The number of amides is 1. The molecule has 0 aromatic heterocycles. The van der Waals surface area contributed by atoms with Crippen molar-refractivity contribution in [2.24, 2.45) is 5.92 Å². The molecule has 0 bridgehead atoms. The number of Topliss-reactive ketones (excluding diaryl/α,β-unsaturated/α-hetero) is 1. The van der Waals surface area contributed by atoms with E-state index in [2.05, 4.69) is 23.7 Å². The lowest BCUT2D eigenvalue weighted by atomic mass is 9.94. The lowest BCUT2D eigenvalue weighted by molar-refractivity contribution is -0.137. The van der Waals surface area contributed by atoms with Crippen molar-refractivity contribution in [1.82, 2.24) is 10.2 Å². The van der Waals surface area contributed by atoms with Gasteiger partial charge in [0.1, 0.15) is 18.0 Å². The minimum atomic E-state index is -4.41. The fourth-order valence-electron chi connectivity index (χ4n) is 5.35. The number of ketones is 1. The van der Waals surface area contributed by atoms with Gasteiger partial charge in [0, 0.05) is 42.6 Å². The number of hydrogen-bond donors (Lipinski definition) is 1. The summed E-state index contributed by atoms with van der Waals surface area (Å²) in [6.45, 7) is 9.03. The number of rotatable bonds is 15. The molecule has 3 aromatic rings. The third kappa shape index (κ3) is 10.2. The molecule has 1 atom stereocenters. The van der Waals surface area contributed by atoms with E-state index in [1.165, 1.54) is 12.1 Å². The van der Waals surface area contributed by atoms with E-state index in [0.29, 0.717) is 35.6 Å². The lowest BCUT2D eigenvalue weighted by Crippen LogP contribution is -2.35. The summed E-state index contributed by atoms with van der Waals surface area (Å²) >= 11 is 0. The molecule has 1 N–H and O–H groups in total. The van der Waals surface area contributed by atoms with Gasteiger partial charge in [-0.15, -0.1) is 0 Å². The Labute approximate surface area is 262 Å². The van der Waals surface area contributed by atoms with Crippen LogP contribution >= 0.6 is 0 Å². The van der Waals surface area contributed by atoms with Crippen molar-refractivity contribution in [3.05, 3.63) is 93.4 Å². The van der Waals surface area contributed by atoms with Crippen LogP contribution in [0.5, 0.6) is 11.5 Å². The van der Waals surface area contributed by atoms with Gasteiger partial charge in [-0.3, -0.25) is 9.59 Å². The highest BCUT2D eigenvalue weighted by molar-refractivity contribution is 5.96. The highest BCUT2D eigenvalue weighted by atomic mass is 19.4. The molecular formula is C36H40F3N3O3. The molecule has 45 heavy (non-hydrogen) atoms. The van der Waals surface area contributed by atoms with Crippen LogP contribution in [0.15, 0.2) is 60.7 Å². The second-order valence-electron chi connectivity index (χ2n) is 11.0. The number of nitrogens with one attached hydrogen (secondary N) is 1. The summed E-state index contributed by atoms with van der Waals surface area (Å²) in [5, 5.41) is 13.2. The largest absolute Gasteiger partial charge is 0.457 e. The molecule has 0 radical (unpaired) electrons. The average Bonchev–Trinajstić information content (AvgIpc) is 3.01. The molecule has 0 heterocycles. The summed E-state index contributed by atoms with van der Waals surface area (Å²) in [6.07, 6.45) is 2.30. The first-order chi connectivity index (χ1) is 21.5. The van der Waals surface area contributed by atoms with Crippen molar-refractivity contribution in [2.75, 3.05) is 20.1 Å². The summed E-state index contributed by atoms with van der Waals surface area (Å²) in [5.41, 5.74) is 1.24. The molecule has 9 heteroatoms. The SMILES string of the molecule is C=c1ccc(C(=O)NCC#N)c(CC)/c1=C/N(C)CC(CCC)CCCC(=O)c1ccc(Oc2ccc(C(F)(F)F)cc2)cc1. The minimum Gasteiger partial charge on any atom is -0.457 e. The Hall–Kier alpha value is -4.58. The molecule has 0 saturated carbocycles. The Kier molecular flexibility index (Phi) is 12.8. The van der Waals surface area contributed by atoms with Gasteiger partial charge >= 0.3 is 6.18 Å². The van der Waals surface area contributed by atoms with Crippen LogP contribution in [0.4, 0.5) is 13.2 Å². The van der Waals surface area contributed by atoms with Crippen molar-refractivity contribution in [3.8, 4) is 17.6 Å². The van der Waals surface area contributed by atoms with Crippen molar-refractivity contribution in [3.63, 3.8) is 0 Å². The molecule has 0 aliphatic heterocycles. The molecule has 238 valence electrons. The highest BCUT2D eigenvalue weighted by Crippen LogP contribution is 2.31. The maximum Gasteiger partial charge on any atom is 0.416 e. The van der Waals surface area contributed by atoms with Crippen molar-refractivity contribution < 1.29 is 27.5 Å². The summed E-state index contributed by atoms with van der Waals surface area (Å²) < 4.78 is 44.0. The second kappa shape index (κ2) is 16.5. The average molecular weight is 620 g/mol. The Bertz CT molecular complexity index is 1590. The van der Waals surface area contributed by atoms with E-state index in [1.807, 2.05) is 32.3 Å². The van der Waals surface area contributed by atoms with Crippen LogP contribution in [0, 0.1) is 17.2 Å². The predicted molar refractivity (Wildman–Crippen MR) is 170 cm³/mol. The van der Waals surface area contributed by atoms with Gasteiger partial charge in [-0.25, -0.2) is 0 Å². The third-order valence-corrected chi connectivity index (χ3v) is 7.58. The van der Waals surface area contributed by atoms with Gasteiger partial charge in [0.25, 0.3) is 5.91 Å². The number of benzene rings is 3. The standard InChI is InChI=1S/C36H40F3N3O3/c1-5-8-26(23-42(4)24-33-25(3)11-20-32(31(33)6-2)35(44)41-22-21-40)9-7-10-34(43)27-12-16-29(17-13-27)45-30-18-14-28(15-19-30)36(37,38)39/h11-20,24,26H,3,5-10,22-23H2,1-2,4H3,(H,41,44)/b33-24+. The van der Waals surface area contributed by atoms with Crippen LogP contribution < -0.4 is 20.5 Å². The van der Waals surface area contributed by atoms with Crippen LogP contribution in [0.1, 0.15) is 77.8 Å². The summed E-state index contributed by atoms with van der Waals surface area (Å²) in [5.74, 6) is 0.813. The van der Waals surface area contributed by atoms with Gasteiger partial charge in [0.2, 0.25) is 0 Å². The number of alkyl halides is 3. The summed E-state index contributed by atoms with van der Waals surface area (Å²) in [7, 11) is 2.00. The number of carbonyl (C=O) groups is 2. The summed E-state index contributed by atoms with van der Waals surface area (Å²) in [4.78, 5) is 27.6. The maximum absolute atomic E-state index is 12.9. The first kappa shape index (κ1) is 34.9. The van der Waals surface area contributed by atoms with E-state index in [0.717, 1.165) is 60.4 Å². The van der Waals surface area contributed by atoms with E-state index in [1.54, 1.807) is 30.3 Å². The van der Waals surface area contributed by atoms with E-state index < -0.39 is 11.7 Å². The zero-order valence-electron chi connectivity index (χ0n) is 26.0. The first-order valence-corrected chi connectivity index (χ1v) is 15.1. The number of nitrogens with zero attached hydrogens (tertiary/aromatic N) is 2. The molecular weight excluding hydrogens is 579 g/mol. The molecule has 0 aliphatic carbocycles. The molecule has 3 rings (SSSR count). The molecule has 1 amide bonds. The second-order valence-corrected chi connectivity index (χ2v) is 11.0. The fourth-order valence-corrected chi connectivity index (χ4v) is 5.35. The number of halogens is 3. The lowest BCUT2D eigenvalue weighted by Gasteiger charge is -2.23. The van der Waals surface area contributed by atoms with Crippen molar-refractivity contribution in [2.45, 2.75) is 58.5 Å². The van der Waals surface area contributed by atoms with Gasteiger partial charge in [0.15, 0.2) is 5.78 Å². The van der Waals surface area contributed by atoms with Gasteiger partial charge in [-0.2, -0.15) is 18.4 Å². The monoisotopic (exact) mass is 619 g/mol. The third-order valence-electron chi connectivity index (χ3n) is 7.58. The van der Waals surface area contributed by atoms with Crippen LogP contribution in [0.3, 0.4) is 0 Å². The smallest absolute Gasteiger partial charge is 0.416 e. The Balaban J connectivity index is 1.59. The van der Waals surface area contributed by atoms with Crippen molar-refractivity contribution in [1.29, 1.82) is 5.26 Å². The van der Waals surface area contributed by atoms with Crippen LogP contribution in [0.25, 0.3) is 12.8 Å². The molecule has 0 aliphatic rings. The zero-order chi connectivity index (χ0) is 33.0. The fraction of sp³-hybridized carbons (Fsp3) is 0.361. The molecule has 3 aromatic carbocycles. The van der Waals surface area contributed by atoms with E-state index in [4.69, 9.17) is 10.00 Å². The van der Waals surface area contributed by atoms with E-state index >= 15 is 0 Å². The van der Waals surface area contributed by atoms with Crippen LogP contribution in [0.2, 0.25) is 0 Å². The molecule has 0 spiro atoms. The number of ether oxygens (including phenoxy) is 1. The molecule has 6 nitrogen and oxygen atoms in total. The van der Waals surface area contributed by atoms with Gasteiger partial charge < -0.3 is 15.0 Å². The quantitative estimate of drug-likeness (QED) is 0.148. The Morgan fingerprint density at radius 1 is 1.02 bits per heavy atom. The Morgan fingerprint density at radius 3 is 2.24 bits per heavy atom. The topological polar surface area (TPSA) is 82.4 Å². The molecule has 0 fully saturated rings. The predicted octanol–water partition coefficient (Wildman–Crippen LogP) is 6.86. The van der Waals surface area contributed by atoms with Gasteiger partial charge in [-0.05, 0) is 97.0 Å².